The minimum atomic E-state index is -3.75. The van der Waals surface area contributed by atoms with E-state index in [1.165, 1.54) is 0 Å². The fourth-order valence-corrected chi connectivity index (χ4v) is 4.57. The normalized spacial score (nSPS) is 14.8. The van der Waals surface area contributed by atoms with Crippen LogP contribution < -0.4 is 0 Å². The standard InChI is InChI=1S/C14H20BrO4P/c1-4-18-20(17,19-5-2)14(16,11-12(3)15)13-9-7-6-8-10-13/h6-10,16H,3-5,11H2,1-2H3. The zero-order chi connectivity index (χ0) is 15.2. The molecular formula is C14H20BrO4P. The van der Waals surface area contributed by atoms with Crippen molar-refractivity contribution in [1.29, 1.82) is 0 Å². The topological polar surface area (TPSA) is 55.8 Å². The monoisotopic (exact) mass is 362 g/mol. The molecule has 0 aromatic heterocycles. The van der Waals surface area contributed by atoms with Crippen LogP contribution in [0.3, 0.4) is 0 Å². The molecule has 0 bridgehead atoms. The highest BCUT2D eigenvalue weighted by molar-refractivity contribution is 9.11. The van der Waals surface area contributed by atoms with E-state index >= 15 is 0 Å². The van der Waals surface area contributed by atoms with Gasteiger partial charge in [-0.25, -0.2) is 0 Å². The Bertz CT molecular complexity index is 481. The maximum Gasteiger partial charge on any atom is 0.366 e. The first-order chi connectivity index (χ1) is 9.39. The highest BCUT2D eigenvalue weighted by Gasteiger charge is 2.51. The van der Waals surface area contributed by atoms with Gasteiger partial charge in [0, 0.05) is 6.42 Å². The van der Waals surface area contributed by atoms with Crippen molar-refractivity contribution in [2.75, 3.05) is 13.2 Å². The average molecular weight is 363 g/mol. The molecule has 0 spiro atoms. The third kappa shape index (κ3) is 3.80. The quantitative estimate of drug-likeness (QED) is 0.696. The minimum Gasteiger partial charge on any atom is -0.373 e. The van der Waals surface area contributed by atoms with Gasteiger partial charge in [-0.3, -0.25) is 4.57 Å². The van der Waals surface area contributed by atoms with Crippen molar-refractivity contribution < 1.29 is 18.7 Å². The summed E-state index contributed by atoms with van der Waals surface area (Å²) >= 11 is 3.22. The van der Waals surface area contributed by atoms with Crippen molar-refractivity contribution in [3.05, 3.63) is 47.0 Å². The number of aliphatic hydroxyl groups is 1. The molecule has 0 aliphatic rings. The first kappa shape index (κ1) is 17.6. The van der Waals surface area contributed by atoms with Crippen LogP contribution in [0.25, 0.3) is 0 Å². The molecule has 0 heterocycles. The molecule has 0 fully saturated rings. The fraction of sp³-hybridized carbons (Fsp3) is 0.429. The number of benzene rings is 1. The molecule has 20 heavy (non-hydrogen) atoms. The second kappa shape index (κ2) is 7.53. The predicted octanol–water partition coefficient (Wildman–Crippen LogP) is 4.40. The van der Waals surface area contributed by atoms with E-state index in [0.717, 1.165) is 0 Å². The Morgan fingerprint density at radius 2 is 1.80 bits per heavy atom. The molecule has 4 nitrogen and oxygen atoms in total. The largest absolute Gasteiger partial charge is 0.373 e. The minimum absolute atomic E-state index is 0.0360. The number of hydrogen-bond acceptors (Lipinski definition) is 4. The van der Waals surface area contributed by atoms with E-state index in [1.54, 1.807) is 38.1 Å². The molecule has 0 aliphatic carbocycles. The summed E-state index contributed by atoms with van der Waals surface area (Å²) in [6.07, 6.45) is 0.0360. The van der Waals surface area contributed by atoms with Gasteiger partial charge < -0.3 is 14.2 Å². The van der Waals surface area contributed by atoms with Crippen LogP contribution in [0, 0.1) is 0 Å². The van der Waals surface area contributed by atoms with Crippen LogP contribution in [0.15, 0.2) is 41.4 Å². The molecule has 0 aliphatic heterocycles. The van der Waals surface area contributed by atoms with Gasteiger partial charge in [0.25, 0.3) is 0 Å². The van der Waals surface area contributed by atoms with E-state index in [4.69, 9.17) is 9.05 Å². The summed E-state index contributed by atoms with van der Waals surface area (Å²) < 4.78 is 24.2. The van der Waals surface area contributed by atoms with Crippen molar-refractivity contribution in [3.8, 4) is 0 Å². The molecule has 0 saturated heterocycles. The van der Waals surface area contributed by atoms with E-state index in [0.29, 0.717) is 10.0 Å². The van der Waals surface area contributed by atoms with Gasteiger partial charge in [0.1, 0.15) is 0 Å². The van der Waals surface area contributed by atoms with Crippen molar-refractivity contribution in [3.63, 3.8) is 0 Å². The van der Waals surface area contributed by atoms with Crippen molar-refractivity contribution in [2.24, 2.45) is 0 Å². The first-order valence-electron chi connectivity index (χ1n) is 6.40. The molecule has 6 heteroatoms. The lowest BCUT2D eigenvalue weighted by Gasteiger charge is -2.34. The summed E-state index contributed by atoms with van der Waals surface area (Å²) in [7, 11) is -3.75. The van der Waals surface area contributed by atoms with Gasteiger partial charge >= 0.3 is 7.60 Å². The lowest BCUT2D eigenvalue weighted by Crippen LogP contribution is -2.28. The zero-order valence-corrected chi connectivity index (χ0v) is 14.2. The fourth-order valence-electron chi connectivity index (χ4n) is 1.92. The molecule has 1 rings (SSSR count). The maximum atomic E-state index is 13.0. The lowest BCUT2D eigenvalue weighted by molar-refractivity contribution is 0.0671. The molecule has 1 unspecified atom stereocenters. The van der Waals surface area contributed by atoms with E-state index in [1.807, 2.05) is 6.07 Å². The molecule has 1 atom stereocenters. The lowest BCUT2D eigenvalue weighted by atomic mass is 10.1. The summed E-state index contributed by atoms with van der Waals surface area (Å²) in [5.41, 5.74) is 0.478. The third-order valence-electron chi connectivity index (χ3n) is 2.73. The molecule has 0 amide bonds. The summed E-state index contributed by atoms with van der Waals surface area (Å²) in [6, 6.07) is 8.74. The SMILES string of the molecule is C=C(Br)CC(O)(c1ccccc1)P(=O)(OCC)OCC. The van der Waals surface area contributed by atoms with E-state index in [-0.39, 0.29) is 19.6 Å². The van der Waals surface area contributed by atoms with Crippen LogP contribution in [0.5, 0.6) is 0 Å². The van der Waals surface area contributed by atoms with Crippen LogP contribution in [-0.2, 0) is 19.0 Å². The molecule has 1 N–H and O–H groups in total. The Balaban J connectivity index is 3.36. The van der Waals surface area contributed by atoms with Gasteiger partial charge in [-0.05, 0) is 23.9 Å². The Morgan fingerprint density at radius 1 is 1.30 bits per heavy atom. The molecule has 0 radical (unpaired) electrons. The van der Waals surface area contributed by atoms with Crippen molar-refractivity contribution in [1.82, 2.24) is 0 Å². The zero-order valence-electron chi connectivity index (χ0n) is 11.7. The number of hydrogen-bond donors (Lipinski definition) is 1. The van der Waals surface area contributed by atoms with Crippen molar-refractivity contribution in [2.45, 2.75) is 25.6 Å². The summed E-state index contributed by atoms with van der Waals surface area (Å²) in [5, 5.41) is 9.27. The molecule has 112 valence electrons. The van der Waals surface area contributed by atoms with Gasteiger partial charge in [-0.15, -0.1) is 0 Å². The molecule has 1 aromatic rings. The van der Waals surface area contributed by atoms with Crippen LogP contribution in [0.1, 0.15) is 25.8 Å². The highest BCUT2D eigenvalue weighted by Crippen LogP contribution is 2.65. The third-order valence-corrected chi connectivity index (χ3v) is 5.52. The van der Waals surface area contributed by atoms with E-state index in [2.05, 4.69) is 22.5 Å². The van der Waals surface area contributed by atoms with Crippen LogP contribution in [0.2, 0.25) is 0 Å². The van der Waals surface area contributed by atoms with Gasteiger partial charge in [-0.1, -0.05) is 52.8 Å². The van der Waals surface area contributed by atoms with Gasteiger partial charge in [0.15, 0.2) is 5.34 Å². The second-order valence-corrected chi connectivity index (χ2v) is 7.58. The average Bonchev–Trinajstić information content (AvgIpc) is 2.39. The summed E-state index contributed by atoms with van der Waals surface area (Å²) in [4.78, 5) is 0. The van der Waals surface area contributed by atoms with Crippen LogP contribution in [0.4, 0.5) is 0 Å². The van der Waals surface area contributed by atoms with Gasteiger partial charge in [0.2, 0.25) is 0 Å². The Labute approximate surface area is 128 Å². The summed E-state index contributed by atoms with van der Waals surface area (Å²) in [5.74, 6) is 0. The smallest absolute Gasteiger partial charge is 0.366 e. The Hall–Kier alpha value is -0.450. The molecular weight excluding hydrogens is 343 g/mol. The Morgan fingerprint density at radius 3 is 2.20 bits per heavy atom. The van der Waals surface area contributed by atoms with E-state index < -0.39 is 12.9 Å². The Kier molecular flexibility index (Phi) is 6.62. The predicted molar refractivity (Wildman–Crippen MR) is 83.9 cm³/mol. The second-order valence-electron chi connectivity index (χ2n) is 4.21. The maximum absolute atomic E-state index is 13.0. The molecule has 0 saturated carbocycles. The van der Waals surface area contributed by atoms with Crippen LogP contribution >= 0.6 is 23.5 Å². The number of rotatable bonds is 8. The van der Waals surface area contributed by atoms with Gasteiger partial charge in [-0.2, -0.15) is 0 Å². The van der Waals surface area contributed by atoms with Crippen LogP contribution in [-0.4, -0.2) is 18.3 Å². The highest BCUT2D eigenvalue weighted by atomic mass is 79.9. The van der Waals surface area contributed by atoms with Crippen molar-refractivity contribution >= 4 is 23.5 Å². The van der Waals surface area contributed by atoms with E-state index in [9.17, 15) is 9.67 Å². The first-order valence-corrected chi connectivity index (χ1v) is 8.73. The van der Waals surface area contributed by atoms with Gasteiger partial charge in [0.05, 0.1) is 13.2 Å². The molecule has 1 aromatic carbocycles. The number of halogens is 1. The summed E-state index contributed by atoms with van der Waals surface area (Å²) in [6.45, 7) is 7.50.